The number of aromatic carboxylic acids is 1. The number of anilines is 1. The number of sulfonamides is 1. The number of carboxylic acids is 1. The quantitative estimate of drug-likeness (QED) is 0.827. The zero-order chi connectivity index (χ0) is 16.3. The number of rotatable bonds is 5. The highest BCUT2D eigenvalue weighted by molar-refractivity contribution is 9.10. The van der Waals surface area contributed by atoms with Crippen LogP contribution in [0.5, 0.6) is 0 Å². The van der Waals surface area contributed by atoms with E-state index in [4.69, 9.17) is 5.11 Å². The maximum absolute atomic E-state index is 12.4. The van der Waals surface area contributed by atoms with Gasteiger partial charge in [0.2, 0.25) is 0 Å². The largest absolute Gasteiger partial charge is 0.478 e. The van der Waals surface area contributed by atoms with Crippen LogP contribution in [0.15, 0.2) is 51.8 Å². The molecule has 0 amide bonds. The van der Waals surface area contributed by atoms with Gasteiger partial charge in [0.1, 0.15) is 4.90 Å². The lowest BCUT2D eigenvalue weighted by atomic mass is 10.1. The molecule has 7 heteroatoms. The number of hydrogen-bond acceptors (Lipinski definition) is 3. The third-order valence-corrected chi connectivity index (χ3v) is 5.41. The van der Waals surface area contributed by atoms with E-state index < -0.39 is 16.0 Å². The molecule has 0 fully saturated rings. The van der Waals surface area contributed by atoms with E-state index in [1.165, 1.54) is 18.2 Å². The van der Waals surface area contributed by atoms with Gasteiger partial charge in [0.25, 0.3) is 10.0 Å². The van der Waals surface area contributed by atoms with Gasteiger partial charge in [-0.05, 0) is 58.2 Å². The Hall–Kier alpha value is -1.86. The van der Waals surface area contributed by atoms with Crippen molar-refractivity contribution in [2.75, 3.05) is 4.72 Å². The molecule has 116 valence electrons. The first-order valence-electron chi connectivity index (χ1n) is 6.48. The third-order valence-electron chi connectivity index (χ3n) is 3.06. The maximum Gasteiger partial charge on any atom is 0.335 e. The van der Waals surface area contributed by atoms with Gasteiger partial charge in [0.05, 0.1) is 5.56 Å². The number of carbonyl (C=O) groups is 1. The summed E-state index contributed by atoms with van der Waals surface area (Å²) >= 11 is 3.11. The van der Waals surface area contributed by atoms with Crippen molar-refractivity contribution in [2.45, 2.75) is 18.2 Å². The Bertz CT molecular complexity index is 818. The molecule has 2 N–H and O–H groups in total. The molecule has 0 saturated heterocycles. The lowest BCUT2D eigenvalue weighted by Gasteiger charge is -2.11. The molecule has 0 saturated carbocycles. The van der Waals surface area contributed by atoms with Crippen molar-refractivity contribution in [1.82, 2.24) is 0 Å². The summed E-state index contributed by atoms with van der Waals surface area (Å²) in [5.74, 6) is -1.12. The monoisotopic (exact) mass is 383 g/mol. The summed E-state index contributed by atoms with van der Waals surface area (Å²) < 4.78 is 27.5. The molecule has 0 heterocycles. The van der Waals surface area contributed by atoms with Crippen molar-refractivity contribution in [1.29, 1.82) is 0 Å². The summed E-state index contributed by atoms with van der Waals surface area (Å²) in [7, 11) is -3.80. The van der Waals surface area contributed by atoms with E-state index in [2.05, 4.69) is 20.7 Å². The van der Waals surface area contributed by atoms with Crippen LogP contribution < -0.4 is 4.72 Å². The average molecular weight is 384 g/mol. The molecule has 2 aromatic rings. The standard InChI is InChI=1S/C15H14BrNO4S/c1-2-10-4-3-5-12(8-10)17-22(20,21)14-7-6-11(15(18)19)9-13(14)16/h3-9,17H,2H2,1H3,(H,18,19). The zero-order valence-electron chi connectivity index (χ0n) is 11.7. The van der Waals surface area contributed by atoms with E-state index in [9.17, 15) is 13.2 Å². The molecular formula is C15H14BrNO4S. The minimum atomic E-state index is -3.80. The minimum Gasteiger partial charge on any atom is -0.478 e. The normalized spacial score (nSPS) is 11.2. The molecule has 0 unspecified atom stereocenters. The van der Waals surface area contributed by atoms with Gasteiger partial charge in [-0.3, -0.25) is 4.72 Å². The lowest BCUT2D eigenvalue weighted by Crippen LogP contribution is -2.14. The average Bonchev–Trinajstić information content (AvgIpc) is 2.46. The Kier molecular flexibility index (Phi) is 4.87. The van der Waals surface area contributed by atoms with Crippen LogP contribution in [0.25, 0.3) is 0 Å². The fourth-order valence-electron chi connectivity index (χ4n) is 1.92. The Morgan fingerprint density at radius 3 is 2.55 bits per heavy atom. The van der Waals surface area contributed by atoms with E-state index in [1.54, 1.807) is 18.2 Å². The van der Waals surface area contributed by atoms with Gasteiger partial charge in [-0.15, -0.1) is 0 Å². The molecule has 0 radical (unpaired) electrons. The highest BCUT2D eigenvalue weighted by atomic mass is 79.9. The van der Waals surface area contributed by atoms with Crippen LogP contribution >= 0.6 is 15.9 Å². The molecule has 2 rings (SSSR count). The van der Waals surface area contributed by atoms with Gasteiger partial charge in [0, 0.05) is 10.2 Å². The molecular weight excluding hydrogens is 370 g/mol. The second-order valence-corrected chi connectivity index (χ2v) is 7.11. The first-order valence-corrected chi connectivity index (χ1v) is 8.75. The van der Waals surface area contributed by atoms with E-state index >= 15 is 0 Å². The van der Waals surface area contributed by atoms with Crippen LogP contribution in [0.2, 0.25) is 0 Å². The van der Waals surface area contributed by atoms with Crippen LogP contribution in [0.3, 0.4) is 0 Å². The molecule has 0 atom stereocenters. The molecule has 0 aliphatic rings. The Morgan fingerprint density at radius 1 is 1.23 bits per heavy atom. The smallest absolute Gasteiger partial charge is 0.335 e. The fraction of sp³-hybridized carbons (Fsp3) is 0.133. The second-order valence-electron chi connectivity index (χ2n) is 4.61. The first-order chi connectivity index (χ1) is 10.3. The first kappa shape index (κ1) is 16.5. The van der Waals surface area contributed by atoms with Crippen molar-refractivity contribution in [2.24, 2.45) is 0 Å². The van der Waals surface area contributed by atoms with Crippen molar-refractivity contribution in [3.05, 3.63) is 58.1 Å². The van der Waals surface area contributed by atoms with Gasteiger partial charge in [0.15, 0.2) is 0 Å². The number of nitrogens with one attached hydrogen (secondary N) is 1. The predicted octanol–water partition coefficient (Wildman–Crippen LogP) is 3.51. The van der Waals surface area contributed by atoms with Gasteiger partial charge < -0.3 is 5.11 Å². The zero-order valence-corrected chi connectivity index (χ0v) is 14.1. The van der Waals surface area contributed by atoms with Crippen LogP contribution in [0.4, 0.5) is 5.69 Å². The molecule has 0 aliphatic heterocycles. The highest BCUT2D eigenvalue weighted by Gasteiger charge is 2.19. The molecule has 5 nitrogen and oxygen atoms in total. The third kappa shape index (κ3) is 3.66. The molecule has 2 aromatic carbocycles. The van der Waals surface area contributed by atoms with E-state index in [0.717, 1.165) is 12.0 Å². The van der Waals surface area contributed by atoms with Gasteiger partial charge in [-0.25, -0.2) is 13.2 Å². The minimum absolute atomic E-state index is 0.0128. The van der Waals surface area contributed by atoms with Crippen LogP contribution in [-0.4, -0.2) is 19.5 Å². The SMILES string of the molecule is CCc1cccc(NS(=O)(=O)c2ccc(C(=O)O)cc2Br)c1. The van der Waals surface area contributed by atoms with Crippen molar-refractivity contribution in [3.8, 4) is 0 Å². The number of benzene rings is 2. The highest BCUT2D eigenvalue weighted by Crippen LogP contribution is 2.25. The van der Waals surface area contributed by atoms with Gasteiger partial charge in [-0.2, -0.15) is 0 Å². The van der Waals surface area contributed by atoms with E-state index in [1.807, 2.05) is 13.0 Å². The van der Waals surface area contributed by atoms with Crippen molar-refractivity contribution in [3.63, 3.8) is 0 Å². The summed E-state index contributed by atoms with van der Waals surface area (Å²) in [6.45, 7) is 1.98. The lowest BCUT2D eigenvalue weighted by molar-refractivity contribution is 0.0696. The molecule has 0 spiro atoms. The summed E-state index contributed by atoms with van der Waals surface area (Å²) in [4.78, 5) is 10.9. The number of halogens is 1. The Morgan fingerprint density at radius 2 is 1.95 bits per heavy atom. The Labute approximate surface area is 137 Å². The van der Waals surface area contributed by atoms with Crippen LogP contribution in [-0.2, 0) is 16.4 Å². The van der Waals surface area contributed by atoms with Gasteiger partial charge >= 0.3 is 5.97 Å². The predicted molar refractivity (Wildman–Crippen MR) is 87.7 cm³/mol. The molecule has 0 aromatic heterocycles. The number of carboxylic acid groups (broad SMARTS) is 1. The molecule has 0 aliphatic carbocycles. The second kappa shape index (κ2) is 6.50. The van der Waals surface area contributed by atoms with Crippen LogP contribution in [0.1, 0.15) is 22.8 Å². The summed E-state index contributed by atoms with van der Waals surface area (Å²) in [6, 6.07) is 10.9. The van der Waals surface area contributed by atoms with Crippen molar-refractivity contribution >= 4 is 37.6 Å². The molecule has 0 bridgehead atoms. The summed E-state index contributed by atoms with van der Waals surface area (Å²) in [5.41, 5.74) is 1.49. The maximum atomic E-state index is 12.4. The number of aryl methyl sites for hydroxylation is 1. The fourth-order valence-corrected chi connectivity index (χ4v) is 4.04. The number of hydrogen-bond donors (Lipinski definition) is 2. The van der Waals surface area contributed by atoms with Crippen LogP contribution in [0, 0.1) is 0 Å². The van der Waals surface area contributed by atoms with Gasteiger partial charge in [-0.1, -0.05) is 19.1 Å². The Balaban J connectivity index is 2.36. The summed E-state index contributed by atoms with van der Waals surface area (Å²) in [5, 5.41) is 8.91. The molecule has 22 heavy (non-hydrogen) atoms. The topological polar surface area (TPSA) is 83.5 Å². The summed E-state index contributed by atoms with van der Waals surface area (Å²) in [6.07, 6.45) is 0.798. The van der Waals surface area contributed by atoms with E-state index in [-0.39, 0.29) is 14.9 Å². The van der Waals surface area contributed by atoms with Crippen molar-refractivity contribution < 1.29 is 18.3 Å². The van der Waals surface area contributed by atoms with E-state index in [0.29, 0.717) is 5.69 Å².